The fourth-order valence-electron chi connectivity index (χ4n) is 3.05. The number of hydrogen-bond acceptors (Lipinski definition) is 2. The highest BCUT2D eigenvalue weighted by atomic mass is 16.2. The fraction of sp³-hybridized carbons (Fsp3) is 0.500. The Bertz CT molecular complexity index is 605. The van der Waals surface area contributed by atoms with Crippen molar-refractivity contribution in [1.82, 2.24) is 15.1 Å². The third-order valence-electron chi connectivity index (χ3n) is 4.39. The molecule has 4 heteroatoms. The third kappa shape index (κ3) is 2.42. The van der Waals surface area contributed by atoms with Crippen LogP contribution in [0.5, 0.6) is 0 Å². The predicted octanol–water partition coefficient (Wildman–Crippen LogP) is 3.22. The lowest BCUT2D eigenvalue weighted by Gasteiger charge is -2.19. The Morgan fingerprint density at radius 3 is 3.05 bits per heavy atom. The number of nitrogens with one attached hydrogen (secondary N) is 1. The second kappa shape index (κ2) is 5.65. The molecule has 1 unspecified atom stereocenters. The third-order valence-corrected chi connectivity index (χ3v) is 4.39. The van der Waals surface area contributed by atoms with Crippen LogP contribution >= 0.6 is 0 Å². The van der Waals surface area contributed by atoms with Gasteiger partial charge in [-0.25, -0.2) is 0 Å². The van der Waals surface area contributed by atoms with Crippen molar-refractivity contribution in [3.63, 3.8) is 0 Å². The lowest BCUT2D eigenvalue weighted by molar-refractivity contribution is 0.0756. The minimum Gasteiger partial charge on any atom is -0.337 e. The molecule has 1 aromatic heterocycles. The van der Waals surface area contributed by atoms with Crippen LogP contribution in [0, 0.1) is 5.92 Å². The number of H-pyrrole nitrogens is 1. The summed E-state index contributed by atoms with van der Waals surface area (Å²) in [7, 11) is 0. The van der Waals surface area contributed by atoms with E-state index in [0.717, 1.165) is 42.8 Å². The first-order chi connectivity index (χ1) is 9.79. The Morgan fingerprint density at radius 2 is 2.20 bits per heavy atom. The highest BCUT2D eigenvalue weighted by molar-refractivity contribution is 6.04. The molecule has 0 spiro atoms. The molecule has 4 nitrogen and oxygen atoms in total. The van der Waals surface area contributed by atoms with Gasteiger partial charge in [0.1, 0.15) is 0 Å². The van der Waals surface area contributed by atoms with Crippen molar-refractivity contribution in [2.24, 2.45) is 5.92 Å². The monoisotopic (exact) mass is 271 g/mol. The quantitative estimate of drug-likeness (QED) is 0.911. The molecule has 1 saturated heterocycles. The van der Waals surface area contributed by atoms with E-state index in [2.05, 4.69) is 17.1 Å². The second-order valence-electron chi connectivity index (χ2n) is 5.62. The lowest BCUT2D eigenvalue weighted by Crippen LogP contribution is -2.32. The first kappa shape index (κ1) is 13.2. The van der Waals surface area contributed by atoms with Crippen LogP contribution in [0.2, 0.25) is 0 Å². The molecule has 1 aromatic carbocycles. The summed E-state index contributed by atoms with van der Waals surface area (Å²) >= 11 is 0. The first-order valence-electron chi connectivity index (χ1n) is 7.52. The predicted molar refractivity (Wildman–Crippen MR) is 79.6 cm³/mol. The second-order valence-corrected chi connectivity index (χ2v) is 5.62. The number of para-hydroxylation sites is 1. The maximum absolute atomic E-state index is 12.7. The van der Waals surface area contributed by atoms with E-state index >= 15 is 0 Å². The van der Waals surface area contributed by atoms with E-state index in [9.17, 15) is 4.79 Å². The van der Waals surface area contributed by atoms with E-state index in [4.69, 9.17) is 0 Å². The standard InChI is InChI=1S/C16H21N3O/c1-2-12-6-5-10-19(11-9-12)16(20)15-13-7-3-4-8-14(13)17-18-15/h3-4,7-8,12H,2,5-6,9-11H2,1H3,(H,17,18). The van der Waals surface area contributed by atoms with Gasteiger partial charge in [0, 0.05) is 18.5 Å². The Balaban J connectivity index is 1.81. The largest absolute Gasteiger partial charge is 0.337 e. The number of fused-ring (bicyclic) bond motifs is 1. The van der Waals surface area contributed by atoms with Crippen molar-refractivity contribution < 1.29 is 4.79 Å². The molecule has 1 aliphatic rings. The molecule has 0 saturated carbocycles. The Kier molecular flexibility index (Phi) is 3.72. The minimum absolute atomic E-state index is 0.0687. The van der Waals surface area contributed by atoms with Crippen LogP contribution in [0.3, 0.4) is 0 Å². The van der Waals surface area contributed by atoms with Crippen LogP contribution in [0.4, 0.5) is 0 Å². The lowest BCUT2D eigenvalue weighted by atomic mass is 9.98. The summed E-state index contributed by atoms with van der Waals surface area (Å²) in [5.41, 5.74) is 1.49. The van der Waals surface area contributed by atoms with E-state index in [1.807, 2.05) is 29.2 Å². The summed E-state index contributed by atoms with van der Waals surface area (Å²) in [6.07, 6.45) is 4.67. The number of nitrogens with zero attached hydrogens (tertiary/aromatic N) is 2. The van der Waals surface area contributed by atoms with Gasteiger partial charge in [0.25, 0.3) is 5.91 Å². The minimum atomic E-state index is 0.0687. The number of hydrogen-bond donors (Lipinski definition) is 1. The maximum Gasteiger partial charge on any atom is 0.274 e. The van der Waals surface area contributed by atoms with E-state index in [0.29, 0.717) is 5.69 Å². The van der Waals surface area contributed by atoms with Crippen molar-refractivity contribution in [3.05, 3.63) is 30.0 Å². The molecule has 1 aliphatic heterocycles. The fourth-order valence-corrected chi connectivity index (χ4v) is 3.05. The molecule has 2 heterocycles. The molecule has 1 N–H and O–H groups in total. The van der Waals surface area contributed by atoms with Gasteiger partial charge in [-0.15, -0.1) is 0 Å². The van der Waals surface area contributed by atoms with Crippen molar-refractivity contribution in [3.8, 4) is 0 Å². The average molecular weight is 271 g/mol. The number of amides is 1. The molecule has 1 fully saturated rings. The van der Waals surface area contributed by atoms with Gasteiger partial charge >= 0.3 is 0 Å². The number of carbonyl (C=O) groups excluding carboxylic acids is 1. The molecular formula is C16H21N3O. The molecule has 0 aliphatic carbocycles. The van der Waals surface area contributed by atoms with Gasteiger partial charge in [-0.2, -0.15) is 5.10 Å². The number of likely N-dealkylation sites (tertiary alicyclic amines) is 1. The van der Waals surface area contributed by atoms with Crippen molar-refractivity contribution in [2.45, 2.75) is 32.6 Å². The smallest absolute Gasteiger partial charge is 0.274 e. The zero-order valence-corrected chi connectivity index (χ0v) is 11.9. The van der Waals surface area contributed by atoms with E-state index in [1.165, 1.54) is 12.8 Å². The molecular weight excluding hydrogens is 250 g/mol. The topological polar surface area (TPSA) is 49.0 Å². The number of rotatable bonds is 2. The summed E-state index contributed by atoms with van der Waals surface area (Å²) in [5.74, 6) is 0.836. The molecule has 2 aromatic rings. The average Bonchev–Trinajstić information content (AvgIpc) is 2.76. The normalized spacial score (nSPS) is 20.1. The number of benzene rings is 1. The van der Waals surface area contributed by atoms with E-state index < -0.39 is 0 Å². The van der Waals surface area contributed by atoms with Gasteiger partial charge < -0.3 is 4.90 Å². The van der Waals surface area contributed by atoms with Crippen LogP contribution in [0.15, 0.2) is 24.3 Å². The van der Waals surface area contributed by atoms with Crippen LogP contribution in [0.25, 0.3) is 10.9 Å². The van der Waals surface area contributed by atoms with Gasteiger partial charge in [0.15, 0.2) is 5.69 Å². The number of carbonyl (C=O) groups is 1. The molecule has 20 heavy (non-hydrogen) atoms. The van der Waals surface area contributed by atoms with Crippen LogP contribution in [0.1, 0.15) is 43.1 Å². The number of aromatic amines is 1. The molecule has 1 atom stereocenters. The summed E-state index contributed by atoms with van der Waals surface area (Å²) in [6.45, 7) is 3.96. The van der Waals surface area contributed by atoms with Crippen molar-refractivity contribution >= 4 is 16.8 Å². The highest BCUT2D eigenvalue weighted by Crippen LogP contribution is 2.23. The van der Waals surface area contributed by atoms with Gasteiger partial charge in [0.05, 0.1) is 5.52 Å². The molecule has 3 rings (SSSR count). The molecule has 106 valence electrons. The molecule has 0 bridgehead atoms. The van der Waals surface area contributed by atoms with Crippen LogP contribution in [-0.4, -0.2) is 34.1 Å². The van der Waals surface area contributed by atoms with Gasteiger partial charge in [-0.1, -0.05) is 31.5 Å². The van der Waals surface area contributed by atoms with Crippen LogP contribution < -0.4 is 0 Å². The Morgan fingerprint density at radius 1 is 1.35 bits per heavy atom. The summed E-state index contributed by atoms with van der Waals surface area (Å²) in [6, 6.07) is 7.81. The van der Waals surface area contributed by atoms with Crippen molar-refractivity contribution in [2.75, 3.05) is 13.1 Å². The van der Waals surface area contributed by atoms with Gasteiger partial charge in [-0.05, 0) is 31.2 Å². The van der Waals surface area contributed by atoms with E-state index in [1.54, 1.807) is 0 Å². The zero-order valence-electron chi connectivity index (χ0n) is 11.9. The maximum atomic E-state index is 12.7. The van der Waals surface area contributed by atoms with E-state index in [-0.39, 0.29) is 5.91 Å². The van der Waals surface area contributed by atoms with Gasteiger partial charge in [0.2, 0.25) is 0 Å². The van der Waals surface area contributed by atoms with Gasteiger partial charge in [-0.3, -0.25) is 9.89 Å². The zero-order chi connectivity index (χ0) is 13.9. The van der Waals surface area contributed by atoms with Crippen LogP contribution in [-0.2, 0) is 0 Å². The Hall–Kier alpha value is -1.84. The summed E-state index contributed by atoms with van der Waals surface area (Å²) < 4.78 is 0. The highest BCUT2D eigenvalue weighted by Gasteiger charge is 2.23. The Labute approximate surface area is 119 Å². The number of aromatic nitrogens is 2. The molecule has 0 radical (unpaired) electrons. The molecule has 1 amide bonds. The first-order valence-corrected chi connectivity index (χ1v) is 7.52. The van der Waals surface area contributed by atoms with Crippen molar-refractivity contribution in [1.29, 1.82) is 0 Å². The summed E-state index contributed by atoms with van der Waals surface area (Å²) in [5, 5.41) is 8.10. The SMILES string of the molecule is CCC1CCCN(C(=O)c2n[nH]c3ccccc23)CC1. The summed E-state index contributed by atoms with van der Waals surface area (Å²) in [4.78, 5) is 14.6.